The van der Waals surface area contributed by atoms with Crippen LogP contribution in [-0.4, -0.2) is 15.1 Å². The van der Waals surface area contributed by atoms with Crippen molar-refractivity contribution in [1.29, 1.82) is 0 Å². The Bertz CT molecular complexity index is 907. The summed E-state index contributed by atoms with van der Waals surface area (Å²) in [5, 5.41) is 12.5. The quantitative estimate of drug-likeness (QED) is 0.646. The van der Waals surface area contributed by atoms with Crippen molar-refractivity contribution in [1.82, 2.24) is 9.97 Å². The summed E-state index contributed by atoms with van der Waals surface area (Å²) in [5.41, 5.74) is 1.47. The van der Waals surface area contributed by atoms with E-state index in [0.717, 1.165) is 16.9 Å². The largest absolute Gasteiger partial charge is 0.383 e. The van der Waals surface area contributed by atoms with Crippen molar-refractivity contribution in [2.75, 3.05) is 0 Å². The van der Waals surface area contributed by atoms with Crippen molar-refractivity contribution in [2.45, 2.75) is 19.4 Å². The van der Waals surface area contributed by atoms with Crippen molar-refractivity contribution in [3.63, 3.8) is 0 Å². The van der Waals surface area contributed by atoms with E-state index >= 15 is 0 Å². The number of rotatable bonds is 3. The summed E-state index contributed by atoms with van der Waals surface area (Å²) in [5.74, 6) is 0. The molecule has 21 heavy (non-hydrogen) atoms. The Morgan fingerprint density at radius 3 is 2.57 bits per heavy atom. The smallest absolute Gasteiger partial charge is 0.314 e. The van der Waals surface area contributed by atoms with E-state index in [2.05, 4.69) is 9.97 Å². The molecular formula is C15H14N2O3S. The van der Waals surface area contributed by atoms with Crippen LogP contribution in [0.2, 0.25) is 0 Å². The lowest BCUT2D eigenvalue weighted by atomic mass is 10.0. The molecule has 6 heteroatoms. The molecule has 1 unspecified atom stereocenters. The highest BCUT2D eigenvalue weighted by Crippen LogP contribution is 2.30. The molecule has 0 saturated heterocycles. The molecule has 0 saturated carbocycles. The van der Waals surface area contributed by atoms with Crippen molar-refractivity contribution in [2.24, 2.45) is 0 Å². The molecule has 3 rings (SSSR count). The van der Waals surface area contributed by atoms with Crippen LogP contribution in [0.1, 0.15) is 29.0 Å². The third-order valence-corrected chi connectivity index (χ3v) is 4.48. The van der Waals surface area contributed by atoms with Crippen LogP contribution in [0.4, 0.5) is 0 Å². The van der Waals surface area contributed by atoms with Gasteiger partial charge in [-0.15, -0.1) is 11.3 Å². The number of hydrogen-bond acceptors (Lipinski definition) is 4. The van der Waals surface area contributed by atoms with Crippen LogP contribution in [0.25, 0.3) is 11.0 Å². The minimum absolute atomic E-state index is 0.505. The topological polar surface area (TPSA) is 85.9 Å². The lowest BCUT2D eigenvalue weighted by Crippen LogP contribution is -2.28. The average Bonchev–Trinajstić information content (AvgIpc) is 2.95. The van der Waals surface area contributed by atoms with Crippen molar-refractivity contribution < 1.29 is 5.11 Å². The van der Waals surface area contributed by atoms with E-state index in [-0.39, 0.29) is 0 Å². The fourth-order valence-electron chi connectivity index (χ4n) is 2.33. The number of benzene rings is 1. The minimum Gasteiger partial charge on any atom is -0.383 e. The van der Waals surface area contributed by atoms with Crippen LogP contribution in [0.15, 0.2) is 39.2 Å². The van der Waals surface area contributed by atoms with Crippen LogP contribution >= 0.6 is 11.3 Å². The standard InChI is InChI=1S/C15H14N2O3S/c1-2-8-5-6-21-13(8)12(18)9-3-4-10-11(7-9)17-15(20)14(19)16-10/h3-7,12,18H,2H2,1H3,(H,16,19)(H,17,20). The molecule has 1 aromatic carbocycles. The number of aromatic nitrogens is 2. The Labute approximate surface area is 123 Å². The van der Waals surface area contributed by atoms with E-state index in [4.69, 9.17) is 0 Å². The Kier molecular flexibility index (Phi) is 3.48. The zero-order chi connectivity index (χ0) is 15.0. The number of aliphatic hydroxyl groups is 1. The zero-order valence-corrected chi connectivity index (χ0v) is 12.2. The van der Waals surface area contributed by atoms with Crippen LogP contribution in [0, 0.1) is 0 Å². The summed E-state index contributed by atoms with van der Waals surface area (Å²) in [6, 6.07) is 7.13. The van der Waals surface area contributed by atoms with E-state index in [1.165, 1.54) is 11.3 Å². The number of aryl methyl sites for hydroxylation is 1. The Morgan fingerprint density at radius 1 is 1.14 bits per heavy atom. The van der Waals surface area contributed by atoms with Gasteiger partial charge in [-0.3, -0.25) is 9.59 Å². The summed E-state index contributed by atoms with van der Waals surface area (Å²) in [6.07, 6.45) is 0.118. The van der Waals surface area contributed by atoms with E-state index in [9.17, 15) is 14.7 Å². The predicted octanol–water partition coefficient (Wildman–Crippen LogP) is 1.92. The van der Waals surface area contributed by atoms with Crippen molar-refractivity contribution in [3.8, 4) is 0 Å². The molecule has 108 valence electrons. The first-order chi connectivity index (χ1) is 10.1. The Morgan fingerprint density at radius 2 is 1.86 bits per heavy atom. The first-order valence-corrected chi connectivity index (χ1v) is 7.48. The lowest BCUT2D eigenvalue weighted by Gasteiger charge is -2.12. The van der Waals surface area contributed by atoms with E-state index in [1.54, 1.807) is 18.2 Å². The normalized spacial score (nSPS) is 12.7. The van der Waals surface area contributed by atoms with Gasteiger partial charge in [-0.2, -0.15) is 0 Å². The molecule has 0 fully saturated rings. The SMILES string of the molecule is CCc1ccsc1C(O)c1ccc2[nH]c(=O)c(=O)[nH]c2c1. The van der Waals surface area contributed by atoms with Crippen LogP contribution in [0.5, 0.6) is 0 Å². The molecule has 0 radical (unpaired) electrons. The van der Waals surface area contributed by atoms with Gasteiger partial charge in [-0.25, -0.2) is 0 Å². The number of H-pyrrole nitrogens is 2. The number of aromatic amines is 2. The zero-order valence-electron chi connectivity index (χ0n) is 11.3. The van der Waals surface area contributed by atoms with Crippen LogP contribution in [-0.2, 0) is 6.42 Å². The van der Waals surface area contributed by atoms with Crippen molar-refractivity contribution >= 4 is 22.4 Å². The molecular weight excluding hydrogens is 288 g/mol. The molecule has 1 atom stereocenters. The molecule has 2 heterocycles. The highest BCUT2D eigenvalue weighted by molar-refractivity contribution is 7.10. The Balaban J connectivity index is 2.10. The van der Waals surface area contributed by atoms with E-state index < -0.39 is 17.2 Å². The molecule has 0 aliphatic carbocycles. The fourth-order valence-corrected chi connectivity index (χ4v) is 3.34. The molecule has 0 amide bonds. The summed E-state index contributed by atoms with van der Waals surface area (Å²) < 4.78 is 0. The maximum atomic E-state index is 11.4. The monoisotopic (exact) mass is 302 g/mol. The summed E-state index contributed by atoms with van der Waals surface area (Å²) in [6.45, 7) is 2.04. The molecule has 3 N–H and O–H groups in total. The van der Waals surface area contributed by atoms with Crippen LogP contribution in [0.3, 0.4) is 0 Å². The van der Waals surface area contributed by atoms with Gasteiger partial charge < -0.3 is 15.1 Å². The van der Waals surface area contributed by atoms with E-state index in [0.29, 0.717) is 16.6 Å². The van der Waals surface area contributed by atoms with Gasteiger partial charge in [0, 0.05) is 4.88 Å². The lowest BCUT2D eigenvalue weighted by molar-refractivity contribution is 0.223. The number of nitrogens with one attached hydrogen (secondary N) is 2. The number of fused-ring (bicyclic) bond motifs is 1. The van der Waals surface area contributed by atoms with Crippen LogP contribution < -0.4 is 11.1 Å². The highest BCUT2D eigenvalue weighted by Gasteiger charge is 2.16. The third-order valence-electron chi connectivity index (χ3n) is 3.47. The first kappa shape index (κ1) is 13.8. The van der Waals surface area contributed by atoms with Gasteiger partial charge >= 0.3 is 11.1 Å². The maximum absolute atomic E-state index is 11.4. The van der Waals surface area contributed by atoms with Gasteiger partial charge in [-0.1, -0.05) is 13.0 Å². The van der Waals surface area contributed by atoms with Gasteiger partial charge in [-0.05, 0) is 41.1 Å². The maximum Gasteiger partial charge on any atom is 0.314 e. The fraction of sp³-hybridized carbons (Fsp3) is 0.200. The molecule has 5 nitrogen and oxygen atoms in total. The highest BCUT2D eigenvalue weighted by atomic mass is 32.1. The number of thiophene rings is 1. The molecule has 0 aliphatic rings. The van der Waals surface area contributed by atoms with Gasteiger partial charge in [0.05, 0.1) is 11.0 Å². The molecule has 3 aromatic rings. The van der Waals surface area contributed by atoms with Gasteiger partial charge in [0.1, 0.15) is 6.10 Å². The van der Waals surface area contributed by atoms with Crippen molar-refractivity contribution in [3.05, 3.63) is 66.4 Å². The molecule has 2 aromatic heterocycles. The molecule has 0 bridgehead atoms. The summed E-state index contributed by atoms with van der Waals surface area (Å²) in [4.78, 5) is 28.6. The second kappa shape index (κ2) is 5.31. The molecule has 0 spiro atoms. The van der Waals surface area contributed by atoms with Gasteiger partial charge in [0.25, 0.3) is 0 Å². The van der Waals surface area contributed by atoms with E-state index in [1.807, 2.05) is 18.4 Å². The number of aliphatic hydroxyl groups excluding tert-OH is 1. The second-order valence-electron chi connectivity index (χ2n) is 4.78. The average molecular weight is 302 g/mol. The first-order valence-electron chi connectivity index (χ1n) is 6.60. The summed E-state index contributed by atoms with van der Waals surface area (Å²) in [7, 11) is 0. The summed E-state index contributed by atoms with van der Waals surface area (Å²) >= 11 is 1.51. The minimum atomic E-state index is -0.736. The predicted molar refractivity (Wildman–Crippen MR) is 82.9 cm³/mol. The third kappa shape index (κ3) is 2.43. The van der Waals surface area contributed by atoms with Gasteiger partial charge in [0.15, 0.2) is 0 Å². The second-order valence-corrected chi connectivity index (χ2v) is 5.73. The number of hydrogen-bond donors (Lipinski definition) is 3. The molecule has 0 aliphatic heterocycles. The Hall–Kier alpha value is -2.18. The van der Waals surface area contributed by atoms with Gasteiger partial charge in [0.2, 0.25) is 0 Å².